The molecule has 0 fully saturated rings. The highest BCUT2D eigenvalue weighted by Gasteiger charge is 2.11. The van der Waals surface area contributed by atoms with E-state index in [1.807, 2.05) is 26.0 Å². The van der Waals surface area contributed by atoms with Crippen molar-refractivity contribution in [2.75, 3.05) is 11.9 Å². The number of anilines is 1. The SMILES string of the molecule is CCc1nnc(NC(=O)COc2c(C)cc(Br)cc2Br)s1. The van der Waals surface area contributed by atoms with Gasteiger partial charge in [-0.05, 0) is 47.0 Å². The van der Waals surface area contributed by atoms with Crippen LogP contribution < -0.4 is 10.1 Å². The minimum absolute atomic E-state index is 0.0812. The molecule has 0 aliphatic rings. The summed E-state index contributed by atoms with van der Waals surface area (Å²) in [6.07, 6.45) is 0.801. The van der Waals surface area contributed by atoms with Crippen molar-refractivity contribution in [3.8, 4) is 5.75 Å². The molecule has 0 bridgehead atoms. The largest absolute Gasteiger partial charge is 0.482 e. The van der Waals surface area contributed by atoms with E-state index in [0.29, 0.717) is 10.9 Å². The monoisotopic (exact) mass is 433 g/mol. The lowest BCUT2D eigenvalue weighted by Gasteiger charge is -2.11. The minimum Gasteiger partial charge on any atom is -0.482 e. The highest BCUT2D eigenvalue weighted by Crippen LogP contribution is 2.32. The molecule has 0 spiro atoms. The standard InChI is InChI=1S/C13H13Br2N3O2S/c1-3-11-17-18-13(21-11)16-10(19)6-20-12-7(2)4-8(14)5-9(12)15/h4-5H,3,6H2,1-2H3,(H,16,18,19). The molecular weight excluding hydrogens is 422 g/mol. The molecule has 0 unspecified atom stereocenters. The van der Waals surface area contributed by atoms with Gasteiger partial charge in [-0.1, -0.05) is 34.2 Å². The number of carbonyl (C=O) groups is 1. The van der Waals surface area contributed by atoms with Crippen molar-refractivity contribution in [3.63, 3.8) is 0 Å². The van der Waals surface area contributed by atoms with E-state index in [0.717, 1.165) is 25.9 Å². The molecule has 0 saturated heterocycles. The van der Waals surface area contributed by atoms with Gasteiger partial charge in [0, 0.05) is 4.47 Å². The first-order valence-electron chi connectivity index (χ1n) is 6.20. The lowest BCUT2D eigenvalue weighted by molar-refractivity contribution is -0.118. The Balaban J connectivity index is 1.95. The lowest BCUT2D eigenvalue weighted by atomic mass is 10.2. The third kappa shape index (κ3) is 4.49. The second kappa shape index (κ2) is 7.33. The summed E-state index contributed by atoms with van der Waals surface area (Å²) in [6.45, 7) is 3.83. The van der Waals surface area contributed by atoms with Gasteiger partial charge < -0.3 is 4.74 Å². The molecule has 0 atom stereocenters. The van der Waals surface area contributed by atoms with Crippen LogP contribution in [0.1, 0.15) is 17.5 Å². The van der Waals surface area contributed by atoms with Gasteiger partial charge in [-0.3, -0.25) is 10.1 Å². The van der Waals surface area contributed by atoms with Crippen molar-refractivity contribution in [3.05, 3.63) is 31.6 Å². The topological polar surface area (TPSA) is 64.1 Å². The van der Waals surface area contributed by atoms with Gasteiger partial charge in [0.25, 0.3) is 5.91 Å². The Bertz CT molecular complexity index is 638. The maximum absolute atomic E-state index is 11.9. The molecule has 0 aliphatic heterocycles. The third-order valence-corrected chi connectivity index (χ3v) is 4.59. The molecule has 0 saturated carbocycles. The Morgan fingerprint density at radius 1 is 1.38 bits per heavy atom. The van der Waals surface area contributed by atoms with E-state index in [1.165, 1.54) is 11.3 Å². The number of hydrogen-bond acceptors (Lipinski definition) is 5. The summed E-state index contributed by atoms with van der Waals surface area (Å²) in [7, 11) is 0. The van der Waals surface area contributed by atoms with Gasteiger partial charge in [0.15, 0.2) is 6.61 Å². The fraction of sp³-hybridized carbons (Fsp3) is 0.308. The van der Waals surface area contributed by atoms with Gasteiger partial charge in [-0.15, -0.1) is 10.2 Å². The van der Waals surface area contributed by atoms with Crippen LogP contribution in [0.4, 0.5) is 5.13 Å². The molecule has 1 N–H and O–H groups in total. The highest BCUT2D eigenvalue weighted by atomic mass is 79.9. The van der Waals surface area contributed by atoms with Crippen molar-refractivity contribution in [2.45, 2.75) is 20.3 Å². The minimum atomic E-state index is -0.261. The first-order valence-corrected chi connectivity index (χ1v) is 8.60. The zero-order valence-corrected chi connectivity index (χ0v) is 15.4. The normalized spacial score (nSPS) is 10.5. The van der Waals surface area contributed by atoms with Gasteiger partial charge in [-0.2, -0.15) is 0 Å². The van der Waals surface area contributed by atoms with Crippen LogP contribution in [0.3, 0.4) is 0 Å². The number of rotatable bonds is 5. The summed E-state index contributed by atoms with van der Waals surface area (Å²) < 4.78 is 7.31. The van der Waals surface area contributed by atoms with E-state index in [9.17, 15) is 4.79 Å². The second-order valence-electron chi connectivity index (χ2n) is 4.22. The fourth-order valence-electron chi connectivity index (χ4n) is 1.61. The van der Waals surface area contributed by atoms with Crippen molar-refractivity contribution < 1.29 is 9.53 Å². The van der Waals surface area contributed by atoms with Crippen molar-refractivity contribution in [2.24, 2.45) is 0 Å². The number of carbonyl (C=O) groups excluding carboxylic acids is 1. The van der Waals surface area contributed by atoms with E-state index in [2.05, 4.69) is 47.4 Å². The van der Waals surface area contributed by atoms with E-state index >= 15 is 0 Å². The molecule has 112 valence electrons. The predicted octanol–water partition coefficient (Wildman–Crippen LogP) is 3.95. The molecule has 5 nitrogen and oxygen atoms in total. The maximum Gasteiger partial charge on any atom is 0.264 e. The van der Waals surface area contributed by atoms with Crippen molar-refractivity contribution in [1.82, 2.24) is 10.2 Å². The van der Waals surface area contributed by atoms with Crippen LogP contribution in [0.15, 0.2) is 21.1 Å². The first-order chi connectivity index (χ1) is 9.99. The number of aryl methyl sites for hydroxylation is 2. The molecule has 2 aromatic rings. The van der Waals surface area contributed by atoms with Gasteiger partial charge in [0.05, 0.1) is 4.47 Å². The van der Waals surface area contributed by atoms with Crippen LogP contribution >= 0.6 is 43.2 Å². The van der Waals surface area contributed by atoms with E-state index in [-0.39, 0.29) is 12.5 Å². The summed E-state index contributed by atoms with van der Waals surface area (Å²) in [6, 6.07) is 3.80. The Labute approximate surface area is 143 Å². The number of nitrogens with zero attached hydrogens (tertiary/aromatic N) is 2. The Morgan fingerprint density at radius 3 is 2.76 bits per heavy atom. The molecular formula is C13H13Br2N3O2S. The molecule has 8 heteroatoms. The average molecular weight is 435 g/mol. The summed E-state index contributed by atoms with van der Waals surface area (Å²) in [5.41, 5.74) is 0.938. The van der Waals surface area contributed by atoms with Gasteiger partial charge in [0.2, 0.25) is 5.13 Å². The molecule has 1 aromatic heterocycles. The van der Waals surface area contributed by atoms with Gasteiger partial charge >= 0.3 is 0 Å². The fourth-order valence-corrected chi connectivity index (χ4v) is 3.86. The number of hydrogen-bond donors (Lipinski definition) is 1. The molecule has 0 radical (unpaired) electrons. The molecule has 1 amide bonds. The highest BCUT2D eigenvalue weighted by molar-refractivity contribution is 9.11. The lowest BCUT2D eigenvalue weighted by Crippen LogP contribution is -2.20. The number of aromatic nitrogens is 2. The zero-order chi connectivity index (χ0) is 15.4. The van der Waals surface area contributed by atoms with Crippen LogP contribution in [0.5, 0.6) is 5.75 Å². The summed E-state index contributed by atoms with van der Waals surface area (Å²) >= 11 is 8.19. The molecule has 2 rings (SSSR count). The zero-order valence-electron chi connectivity index (χ0n) is 11.4. The smallest absolute Gasteiger partial charge is 0.264 e. The number of halogens is 2. The Morgan fingerprint density at radius 2 is 2.14 bits per heavy atom. The van der Waals surface area contributed by atoms with Crippen molar-refractivity contribution in [1.29, 1.82) is 0 Å². The van der Waals surface area contributed by atoms with Gasteiger partial charge in [0.1, 0.15) is 10.8 Å². The number of amides is 1. The Hall–Kier alpha value is -0.990. The van der Waals surface area contributed by atoms with Crippen molar-refractivity contribution >= 4 is 54.2 Å². The second-order valence-corrected chi connectivity index (χ2v) is 7.06. The molecule has 1 heterocycles. The maximum atomic E-state index is 11.9. The molecule has 21 heavy (non-hydrogen) atoms. The Kier molecular flexibility index (Phi) is 5.72. The molecule has 0 aliphatic carbocycles. The molecule has 1 aromatic carbocycles. The first kappa shape index (κ1) is 16.4. The van der Waals surface area contributed by atoms with E-state index in [4.69, 9.17) is 4.74 Å². The average Bonchev–Trinajstić information content (AvgIpc) is 2.85. The van der Waals surface area contributed by atoms with Crippen LogP contribution in [-0.2, 0) is 11.2 Å². The third-order valence-electron chi connectivity index (χ3n) is 2.56. The van der Waals surface area contributed by atoms with Crippen LogP contribution in [-0.4, -0.2) is 22.7 Å². The van der Waals surface area contributed by atoms with Crippen LogP contribution in [0.2, 0.25) is 0 Å². The quantitative estimate of drug-likeness (QED) is 0.773. The van der Waals surface area contributed by atoms with E-state index < -0.39 is 0 Å². The van der Waals surface area contributed by atoms with E-state index in [1.54, 1.807) is 0 Å². The summed E-state index contributed by atoms with van der Waals surface area (Å²) in [5.74, 6) is 0.392. The number of nitrogens with one attached hydrogen (secondary N) is 1. The number of benzene rings is 1. The van der Waals surface area contributed by atoms with Crippen LogP contribution in [0.25, 0.3) is 0 Å². The summed E-state index contributed by atoms with van der Waals surface area (Å²) in [5, 5.41) is 11.9. The van der Waals surface area contributed by atoms with Crippen LogP contribution in [0, 0.1) is 6.92 Å². The summed E-state index contributed by atoms with van der Waals surface area (Å²) in [4.78, 5) is 11.9. The van der Waals surface area contributed by atoms with Gasteiger partial charge in [-0.25, -0.2) is 0 Å². The number of ether oxygens (including phenoxy) is 1. The predicted molar refractivity (Wildman–Crippen MR) is 90.0 cm³/mol.